The lowest BCUT2D eigenvalue weighted by atomic mass is 9.90. The van der Waals surface area contributed by atoms with Gasteiger partial charge in [0.15, 0.2) is 11.9 Å². The largest absolute Gasteiger partial charge is 0.405 e. The first-order valence-electron chi connectivity index (χ1n) is 11.8. The zero-order valence-electron chi connectivity index (χ0n) is 19.9. The molecule has 0 spiro atoms. The van der Waals surface area contributed by atoms with Crippen LogP contribution in [0.4, 0.5) is 23.2 Å². The van der Waals surface area contributed by atoms with Crippen LogP contribution in [-0.4, -0.2) is 37.3 Å². The van der Waals surface area contributed by atoms with Crippen LogP contribution in [0.1, 0.15) is 11.7 Å². The highest BCUT2D eigenvalue weighted by Gasteiger charge is 2.54. The summed E-state index contributed by atoms with van der Waals surface area (Å²) >= 11 is 0. The fraction of sp³-hybridized carbons (Fsp3) is 0.143. The zero-order valence-corrected chi connectivity index (χ0v) is 20.7. The molecule has 0 aliphatic carbocycles. The molecule has 1 aliphatic rings. The minimum absolute atomic E-state index is 0.0605. The first kappa shape index (κ1) is 25.2. The van der Waals surface area contributed by atoms with Crippen LogP contribution in [0, 0.1) is 5.82 Å². The maximum atomic E-state index is 13.7. The average molecular weight is 555 g/mol. The second-order valence-electron chi connectivity index (χ2n) is 9.21. The summed E-state index contributed by atoms with van der Waals surface area (Å²) < 4.78 is 81.5. The van der Waals surface area contributed by atoms with Crippen LogP contribution in [0.5, 0.6) is 0 Å². The van der Waals surface area contributed by atoms with Crippen LogP contribution in [0.3, 0.4) is 0 Å². The summed E-state index contributed by atoms with van der Waals surface area (Å²) in [6, 6.07) is 21.8. The Kier molecular flexibility index (Phi) is 5.81. The molecule has 6 nitrogen and oxygen atoms in total. The van der Waals surface area contributed by atoms with Gasteiger partial charge in [-0.1, -0.05) is 60.7 Å². The number of amides is 1. The number of anilines is 1. The van der Waals surface area contributed by atoms with Gasteiger partial charge in [-0.05, 0) is 45.1 Å². The number of hydrogen-bond acceptors (Lipinski definition) is 5. The van der Waals surface area contributed by atoms with Crippen LogP contribution in [0.25, 0.3) is 32.3 Å². The van der Waals surface area contributed by atoms with Gasteiger partial charge in [-0.25, -0.2) is 4.39 Å². The van der Waals surface area contributed by atoms with Crippen molar-refractivity contribution >= 4 is 54.0 Å². The fourth-order valence-electron chi connectivity index (χ4n) is 5.11. The third-order valence-electron chi connectivity index (χ3n) is 6.69. The van der Waals surface area contributed by atoms with E-state index < -0.39 is 45.9 Å². The predicted molar refractivity (Wildman–Crippen MR) is 138 cm³/mol. The molecule has 0 unspecified atom stereocenters. The molecule has 2 atom stereocenters. The number of carbonyl (C=O) groups is 1. The zero-order chi connectivity index (χ0) is 27.5. The highest BCUT2D eigenvalue weighted by Crippen LogP contribution is 2.46. The summed E-state index contributed by atoms with van der Waals surface area (Å²) in [5.41, 5.74) is 0.453. The highest BCUT2D eigenvalue weighted by molar-refractivity contribution is 7.86. The number of β-lactam (4-membered cyclic amide) rings is 1. The molecule has 1 saturated heterocycles. The van der Waals surface area contributed by atoms with E-state index >= 15 is 0 Å². The molecule has 0 radical (unpaired) electrons. The summed E-state index contributed by atoms with van der Waals surface area (Å²) in [7, 11) is -5.17. The van der Waals surface area contributed by atoms with Crippen LogP contribution < -0.4 is 4.90 Å². The molecule has 1 fully saturated rings. The summed E-state index contributed by atoms with van der Waals surface area (Å²) in [4.78, 5) is 18.7. The Morgan fingerprint density at radius 1 is 0.846 bits per heavy atom. The Labute approximate surface area is 219 Å². The van der Waals surface area contributed by atoms with Gasteiger partial charge in [0.05, 0.1) is 17.6 Å². The number of pyridine rings is 1. The Hall–Kier alpha value is -4.09. The number of hydrogen-bond donors (Lipinski definition) is 0. The van der Waals surface area contributed by atoms with E-state index in [0.29, 0.717) is 11.1 Å². The van der Waals surface area contributed by atoms with E-state index in [9.17, 15) is 30.8 Å². The quantitative estimate of drug-likeness (QED) is 0.115. The first-order chi connectivity index (χ1) is 18.5. The Morgan fingerprint density at radius 2 is 1.51 bits per heavy atom. The van der Waals surface area contributed by atoms with Crippen molar-refractivity contribution in [1.82, 2.24) is 4.98 Å². The molecule has 1 amide bonds. The molecule has 0 N–H and O–H groups in total. The predicted octanol–water partition coefficient (Wildman–Crippen LogP) is 6.05. The molecule has 6 rings (SSSR count). The summed E-state index contributed by atoms with van der Waals surface area (Å²) in [5, 5.41) is 5.05. The van der Waals surface area contributed by atoms with Crippen LogP contribution in [0.2, 0.25) is 0 Å². The van der Waals surface area contributed by atoms with Gasteiger partial charge in [0.2, 0.25) is 0 Å². The van der Waals surface area contributed by atoms with Crippen molar-refractivity contribution in [3.63, 3.8) is 0 Å². The molecular weight excluding hydrogens is 536 g/mol. The van der Waals surface area contributed by atoms with Gasteiger partial charge in [0.25, 0.3) is 16.0 Å². The lowest BCUT2D eigenvalue weighted by Crippen LogP contribution is -2.61. The molecule has 0 bridgehead atoms. The topological polar surface area (TPSA) is 76.6 Å². The molecule has 11 heteroatoms. The molecule has 0 saturated carbocycles. The van der Waals surface area contributed by atoms with E-state index in [0.717, 1.165) is 39.2 Å². The Balaban J connectivity index is 1.54. The molecule has 4 aromatic carbocycles. The van der Waals surface area contributed by atoms with E-state index in [1.807, 2.05) is 48.5 Å². The number of aromatic nitrogens is 1. The minimum Gasteiger partial charge on any atom is -0.297 e. The van der Waals surface area contributed by atoms with Crippen LogP contribution in [0.15, 0.2) is 85.1 Å². The maximum absolute atomic E-state index is 13.7. The summed E-state index contributed by atoms with van der Waals surface area (Å²) in [6.45, 7) is 0. The van der Waals surface area contributed by atoms with Crippen molar-refractivity contribution in [3.8, 4) is 0 Å². The number of halogens is 4. The lowest BCUT2D eigenvalue weighted by Gasteiger charge is -2.46. The van der Waals surface area contributed by atoms with Gasteiger partial charge in [-0.3, -0.25) is 18.9 Å². The molecule has 39 heavy (non-hydrogen) atoms. The smallest absolute Gasteiger partial charge is 0.297 e. The first-order valence-corrected chi connectivity index (χ1v) is 13.4. The van der Waals surface area contributed by atoms with Crippen molar-refractivity contribution in [2.45, 2.75) is 18.3 Å². The second-order valence-corrected chi connectivity index (χ2v) is 10.8. The standard InChI is InChI=1S/C28H18F4N2O4S/c29-17-10-12-23(33-14-17)25-26(38-39(36,37)15-28(30,31)32)27(35)34(25)24-13-22-18-6-2-1-5-16(18)9-11-20(22)19-7-3-4-8-21(19)24/h1-14,25-26H,15H2/t25-,26-/m0/s1. The maximum Gasteiger partial charge on any atom is 0.405 e. The van der Waals surface area contributed by atoms with Crippen molar-refractivity contribution in [2.24, 2.45) is 0 Å². The van der Waals surface area contributed by atoms with Crippen molar-refractivity contribution in [1.29, 1.82) is 0 Å². The van der Waals surface area contributed by atoms with E-state index in [1.165, 1.54) is 11.0 Å². The van der Waals surface area contributed by atoms with Gasteiger partial charge in [-0.15, -0.1) is 0 Å². The van der Waals surface area contributed by atoms with Crippen molar-refractivity contribution in [3.05, 3.63) is 96.6 Å². The number of nitrogens with zero attached hydrogens (tertiary/aromatic N) is 2. The van der Waals surface area contributed by atoms with E-state index in [1.54, 1.807) is 18.2 Å². The fourth-order valence-corrected chi connectivity index (χ4v) is 6.08. The van der Waals surface area contributed by atoms with Gasteiger partial charge < -0.3 is 0 Å². The van der Waals surface area contributed by atoms with Gasteiger partial charge in [-0.2, -0.15) is 21.6 Å². The van der Waals surface area contributed by atoms with E-state index in [-0.39, 0.29) is 5.69 Å². The van der Waals surface area contributed by atoms with Crippen molar-refractivity contribution in [2.75, 3.05) is 10.7 Å². The summed E-state index contributed by atoms with van der Waals surface area (Å²) in [6.07, 6.45) is -5.99. The molecular formula is C28H18F4N2O4S. The van der Waals surface area contributed by atoms with Crippen LogP contribution >= 0.6 is 0 Å². The highest BCUT2D eigenvalue weighted by atomic mass is 32.2. The lowest BCUT2D eigenvalue weighted by molar-refractivity contribution is -0.135. The third kappa shape index (κ3) is 4.47. The molecule has 198 valence electrons. The molecule has 1 aromatic heterocycles. The third-order valence-corrected chi connectivity index (χ3v) is 7.88. The minimum atomic E-state index is -5.17. The molecule has 5 aromatic rings. The monoisotopic (exact) mass is 554 g/mol. The number of rotatable bonds is 5. The Morgan fingerprint density at radius 3 is 2.21 bits per heavy atom. The van der Waals surface area contributed by atoms with Crippen molar-refractivity contribution < 1.29 is 35.0 Å². The second kappa shape index (κ2) is 8.99. The van der Waals surface area contributed by atoms with Crippen LogP contribution in [-0.2, 0) is 19.1 Å². The van der Waals surface area contributed by atoms with Gasteiger partial charge in [0.1, 0.15) is 11.9 Å². The number of alkyl halides is 3. The molecule has 1 aliphatic heterocycles. The number of fused-ring (bicyclic) bond motifs is 5. The van der Waals surface area contributed by atoms with E-state index in [4.69, 9.17) is 4.18 Å². The molecule has 2 heterocycles. The number of benzene rings is 4. The van der Waals surface area contributed by atoms with Gasteiger partial charge >= 0.3 is 6.18 Å². The summed E-state index contributed by atoms with van der Waals surface area (Å²) in [5.74, 6) is -3.79. The average Bonchev–Trinajstić information content (AvgIpc) is 2.89. The normalized spacial score (nSPS) is 18.2. The van der Waals surface area contributed by atoms with E-state index in [2.05, 4.69) is 4.98 Å². The number of carbonyl (C=O) groups excluding carboxylic acids is 1. The van der Waals surface area contributed by atoms with Gasteiger partial charge in [0, 0.05) is 5.39 Å². The SMILES string of the molecule is O=C1[C@@H](OS(=O)(=O)CC(F)(F)F)[C@H](c2ccc(F)cn2)N1c1cc2c3ccccc3ccc2c2ccccc12. The Bertz CT molecular complexity index is 1880.